The smallest absolute Gasteiger partial charge is 0.414 e. The molecular weight excluding hydrogens is 403 g/mol. The fourth-order valence-corrected chi connectivity index (χ4v) is 4.16. The van der Waals surface area contributed by atoms with Crippen molar-refractivity contribution >= 4 is 23.6 Å². The molecule has 0 saturated carbocycles. The molecule has 2 aliphatic heterocycles. The van der Waals surface area contributed by atoms with E-state index in [4.69, 9.17) is 10.5 Å². The van der Waals surface area contributed by atoms with Crippen LogP contribution in [0.3, 0.4) is 0 Å². The summed E-state index contributed by atoms with van der Waals surface area (Å²) < 4.78 is 20.2. The fraction of sp³-hybridized carbons (Fsp3) is 0.364. The molecule has 2 heterocycles. The number of nitrogens with zero attached hydrogens (tertiary/aromatic N) is 3. The van der Waals surface area contributed by atoms with Gasteiger partial charge < -0.3 is 25.4 Å². The molecule has 2 saturated heterocycles. The van der Waals surface area contributed by atoms with Crippen molar-refractivity contribution in [3.8, 4) is 0 Å². The summed E-state index contributed by atoms with van der Waals surface area (Å²) in [5.74, 6) is -0.469. The predicted octanol–water partition coefficient (Wildman–Crippen LogP) is 2.52. The molecule has 9 heteroatoms. The third-order valence-electron chi connectivity index (χ3n) is 5.76. The second kappa shape index (κ2) is 8.81. The Bertz CT molecular complexity index is 958. The molecule has 8 nitrogen and oxygen atoms in total. The summed E-state index contributed by atoms with van der Waals surface area (Å²) in [5, 5.41) is 9.60. The Hall–Kier alpha value is -3.33. The van der Waals surface area contributed by atoms with Crippen LogP contribution in [0, 0.1) is 5.82 Å². The lowest BCUT2D eigenvalue weighted by Gasteiger charge is -2.41. The van der Waals surface area contributed by atoms with Crippen molar-refractivity contribution in [2.24, 2.45) is 5.73 Å². The summed E-state index contributed by atoms with van der Waals surface area (Å²) in [6.07, 6.45) is -1.37. The molecule has 0 bridgehead atoms. The normalized spacial score (nSPS) is 21.4. The maximum absolute atomic E-state index is 15.0. The number of carbonyl (C=O) groups excluding carboxylic acids is 1. The van der Waals surface area contributed by atoms with Crippen molar-refractivity contribution in [2.45, 2.75) is 18.6 Å². The van der Waals surface area contributed by atoms with Gasteiger partial charge in [-0.05, 0) is 30.2 Å². The van der Waals surface area contributed by atoms with E-state index in [2.05, 4.69) is 0 Å². The molecule has 0 spiro atoms. The number of benzene rings is 2. The first kappa shape index (κ1) is 20.9. The van der Waals surface area contributed by atoms with E-state index < -0.39 is 24.1 Å². The van der Waals surface area contributed by atoms with Crippen LogP contribution in [0.15, 0.2) is 48.5 Å². The molecule has 2 aliphatic rings. The SMILES string of the molecule is NC[C@H]1CN(c2ccc(N3CCN(C(=O)O)C(Cc4ccccc4)C3)c(F)c2)C(=O)O1. The first-order chi connectivity index (χ1) is 15.0. The summed E-state index contributed by atoms with van der Waals surface area (Å²) in [5.41, 5.74) is 7.38. The van der Waals surface area contributed by atoms with Crippen molar-refractivity contribution in [2.75, 3.05) is 42.5 Å². The lowest BCUT2D eigenvalue weighted by molar-refractivity contribution is 0.117. The van der Waals surface area contributed by atoms with E-state index in [1.807, 2.05) is 35.2 Å². The number of cyclic esters (lactones) is 1. The second-order valence-corrected chi connectivity index (χ2v) is 7.75. The van der Waals surface area contributed by atoms with Gasteiger partial charge in [0.1, 0.15) is 11.9 Å². The van der Waals surface area contributed by atoms with Crippen LogP contribution < -0.4 is 15.5 Å². The number of halogens is 1. The van der Waals surface area contributed by atoms with Crippen LogP contribution in [-0.4, -0.2) is 67.1 Å². The molecule has 31 heavy (non-hydrogen) atoms. The Kier molecular flexibility index (Phi) is 5.94. The first-order valence-electron chi connectivity index (χ1n) is 10.2. The Morgan fingerprint density at radius 2 is 1.94 bits per heavy atom. The predicted molar refractivity (Wildman–Crippen MR) is 114 cm³/mol. The number of piperazine rings is 1. The lowest BCUT2D eigenvalue weighted by atomic mass is 10.0. The molecule has 0 radical (unpaired) electrons. The van der Waals surface area contributed by atoms with E-state index in [1.165, 1.54) is 15.9 Å². The summed E-state index contributed by atoms with van der Waals surface area (Å²) in [6.45, 7) is 1.53. The van der Waals surface area contributed by atoms with Crippen LogP contribution in [0.4, 0.5) is 25.4 Å². The molecule has 2 fully saturated rings. The zero-order valence-corrected chi connectivity index (χ0v) is 17.0. The zero-order valence-electron chi connectivity index (χ0n) is 17.0. The molecule has 1 unspecified atom stereocenters. The largest absolute Gasteiger partial charge is 0.465 e. The maximum Gasteiger partial charge on any atom is 0.414 e. The zero-order chi connectivity index (χ0) is 22.0. The minimum Gasteiger partial charge on any atom is -0.465 e. The van der Waals surface area contributed by atoms with E-state index in [-0.39, 0.29) is 25.7 Å². The van der Waals surface area contributed by atoms with Crippen LogP contribution in [0.2, 0.25) is 0 Å². The van der Waals surface area contributed by atoms with Crippen LogP contribution in [0.25, 0.3) is 0 Å². The van der Waals surface area contributed by atoms with Crippen LogP contribution in [-0.2, 0) is 11.2 Å². The highest BCUT2D eigenvalue weighted by Gasteiger charge is 2.34. The van der Waals surface area contributed by atoms with Gasteiger partial charge in [0.05, 0.1) is 24.0 Å². The van der Waals surface area contributed by atoms with Crippen LogP contribution >= 0.6 is 0 Å². The van der Waals surface area contributed by atoms with E-state index >= 15 is 4.39 Å². The average molecular weight is 428 g/mol. The number of carboxylic acid groups (broad SMARTS) is 1. The highest BCUT2D eigenvalue weighted by Crippen LogP contribution is 2.29. The minimum atomic E-state index is -0.974. The lowest BCUT2D eigenvalue weighted by Crippen LogP contribution is -2.56. The van der Waals surface area contributed by atoms with E-state index in [9.17, 15) is 14.7 Å². The summed E-state index contributed by atoms with van der Waals surface area (Å²) in [6, 6.07) is 14.0. The van der Waals surface area contributed by atoms with E-state index in [0.717, 1.165) is 5.56 Å². The Labute approximate surface area is 179 Å². The topological polar surface area (TPSA) is 99.3 Å². The number of anilines is 2. The number of amides is 2. The molecule has 2 amide bonds. The quantitative estimate of drug-likeness (QED) is 0.759. The minimum absolute atomic E-state index is 0.208. The number of hydrogen-bond acceptors (Lipinski definition) is 5. The van der Waals surface area contributed by atoms with E-state index in [0.29, 0.717) is 30.9 Å². The fourth-order valence-electron chi connectivity index (χ4n) is 4.16. The monoisotopic (exact) mass is 428 g/mol. The number of nitrogens with two attached hydrogens (primary N) is 1. The van der Waals surface area contributed by atoms with Gasteiger partial charge in [-0.3, -0.25) is 4.90 Å². The van der Waals surface area contributed by atoms with Gasteiger partial charge in [0.25, 0.3) is 0 Å². The second-order valence-electron chi connectivity index (χ2n) is 7.75. The van der Waals surface area contributed by atoms with Gasteiger partial charge in [0.2, 0.25) is 0 Å². The van der Waals surface area contributed by atoms with Crippen LogP contribution in [0.1, 0.15) is 5.56 Å². The standard InChI is InChI=1S/C22H25FN4O4/c23-19-11-16(27-14-18(12-24)31-22(27)30)6-7-20(19)25-8-9-26(21(28)29)17(13-25)10-15-4-2-1-3-5-15/h1-7,11,17-18H,8-10,12-14,24H2,(H,28,29)/t17?,18-/m0/s1. The van der Waals surface area contributed by atoms with Crippen LogP contribution in [0.5, 0.6) is 0 Å². The molecular formula is C22H25FN4O4. The molecule has 164 valence electrons. The van der Waals surface area contributed by atoms with Crippen molar-refractivity contribution in [1.29, 1.82) is 0 Å². The average Bonchev–Trinajstić information content (AvgIpc) is 3.15. The molecule has 0 aromatic heterocycles. The molecule has 4 rings (SSSR count). The highest BCUT2D eigenvalue weighted by molar-refractivity contribution is 5.90. The van der Waals surface area contributed by atoms with Crippen molar-refractivity contribution in [3.63, 3.8) is 0 Å². The third kappa shape index (κ3) is 4.41. The van der Waals surface area contributed by atoms with Gasteiger partial charge in [-0.15, -0.1) is 0 Å². The summed E-state index contributed by atoms with van der Waals surface area (Å²) in [4.78, 5) is 28.4. The molecule has 2 aromatic rings. The number of ether oxygens (including phenoxy) is 1. The summed E-state index contributed by atoms with van der Waals surface area (Å²) in [7, 11) is 0. The van der Waals surface area contributed by atoms with Gasteiger partial charge in [0.15, 0.2) is 0 Å². The Balaban J connectivity index is 1.52. The Morgan fingerprint density at radius 1 is 1.16 bits per heavy atom. The van der Waals surface area contributed by atoms with Crippen molar-refractivity contribution in [3.05, 3.63) is 59.9 Å². The number of hydrogen-bond donors (Lipinski definition) is 2. The van der Waals surface area contributed by atoms with Gasteiger partial charge in [0, 0.05) is 26.2 Å². The molecule has 0 aliphatic carbocycles. The van der Waals surface area contributed by atoms with Crippen molar-refractivity contribution < 1.29 is 23.8 Å². The number of carbonyl (C=O) groups is 2. The maximum atomic E-state index is 15.0. The molecule has 3 N–H and O–H groups in total. The van der Waals surface area contributed by atoms with Gasteiger partial charge >= 0.3 is 12.2 Å². The molecule has 2 aromatic carbocycles. The van der Waals surface area contributed by atoms with Gasteiger partial charge in [-0.2, -0.15) is 0 Å². The first-order valence-corrected chi connectivity index (χ1v) is 10.2. The van der Waals surface area contributed by atoms with Gasteiger partial charge in [-0.1, -0.05) is 30.3 Å². The van der Waals surface area contributed by atoms with E-state index in [1.54, 1.807) is 12.1 Å². The third-order valence-corrected chi connectivity index (χ3v) is 5.76. The highest BCUT2D eigenvalue weighted by atomic mass is 19.1. The van der Waals surface area contributed by atoms with Crippen molar-refractivity contribution in [1.82, 2.24) is 4.90 Å². The summed E-state index contributed by atoms with van der Waals surface area (Å²) >= 11 is 0. The Morgan fingerprint density at radius 3 is 2.58 bits per heavy atom. The van der Waals surface area contributed by atoms with Gasteiger partial charge in [-0.25, -0.2) is 14.0 Å². The number of rotatable bonds is 5. The molecule has 2 atom stereocenters.